The number of pyridine rings is 1. The topological polar surface area (TPSA) is 33.2 Å². The lowest BCUT2D eigenvalue weighted by molar-refractivity contribution is 0.0734. The summed E-state index contributed by atoms with van der Waals surface area (Å²) >= 11 is 3.36. The van der Waals surface area contributed by atoms with Gasteiger partial charge in [0.1, 0.15) is 4.60 Å². The van der Waals surface area contributed by atoms with E-state index in [2.05, 4.69) is 33.0 Å². The summed E-state index contributed by atoms with van der Waals surface area (Å²) in [5, 5.41) is 0. The van der Waals surface area contributed by atoms with Crippen LogP contribution in [0, 0.1) is 0 Å². The zero-order valence-electron chi connectivity index (χ0n) is 11.0. The molecule has 1 fully saturated rings. The van der Waals surface area contributed by atoms with E-state index in [0.717, 1.165) is 19.4 Å². The van der Waals surface area contributed by atoms with Gasteiger partial charge in [0, 0.05) is 12.7 Å². The average molecular weight is 331 g/mol. The van der Waals surface area contributed by atoms with Crippen molar-refractivity contribution in [1.29, 1.82) is 0 Å². The van der Waals surface area contributed by atoms with Gasteiger partial charge in [0.05, 0.1) is 11.6 Å². The first kappa shape index (κ1) is 13.3. The van der Waals surface area contributed by atoms with E-state index in [4.69, 9.17) is 0 Å². The van der Waals surface area contributed by atoms with Crippen LogP contribution >= 0.6 is 15.9 Å². The molecule has 1 unspecified atom stereocenters. The third-order valence-corrected chi connectivity index (χ3v) is 4.32. The number of likely N-dealkylation sites (tertiary alicyclic amines) is 1. The molecule has 0 bridgehead atoms. The zero-order valence-corrected chi connectivity index (χ0v) is 12.6. The van der Waals surface area contributed by atoms with E-state index in [0.29, 0.717) is 10.2 Å². The van der Waals surface area contributed by atoms with Gasteiger partial charge in [-0.25, -0.2) is 4.98 Å². The van der Waals surface area contributed by atoms with Crippen molar-refractivity contribution >= 4 is 21.8 Å². The van der Waals surface area contributed by atoms with Crippen molar-refractivity contribution in [3.8, 4) is 0 Å². The predicted molar refractivity (Wildman–Crippen MR) is 81.4 cm³/mol. The highest BCUT2D eigenvalue weighted by Gasteiger charge is 2.31. The van der Waals surface area contributed by atoms with Crippen LogP contribution in [-0.4, -0.2) is 22.3 Å². The highest BCUT2D eigenvalue weighted by molar-refractivity contribution is 9.10. The lowest BCUT2D eigenvalue weighted by atomic mass is 10.0. The van der Waals surface area contributed by atoms with E-state index < -0.39 is 0 Å². The van der Waals surface area contributed by atoms with Gasteiger partial charge in [0.15, 0.2) is 0 Å². The van der Waals surface area contributed by atoms with Gasteiger partial charge >= 0.3 is 0 Å². The van der Waals surface area contributed by atoms with E-state index in [1.54, 1.807) is 12.3 Å². The molecule has 3 rings (SSSR count). The number of benzene rings is 1. The highest BCUT2D eigenvalue weighted by Crippen LogP contribution is 2.33. The molecule has 2 heterocycles. The highest BCUT2D eigenvalue weighted by atomic mass is 79.9. The van der Waals surface area contributed by atoms with Crippen LogP contribution in [0.5, 0.6) is 0 Å². The maximum absolute atomic E-state index is 12.7. The van der Waals surface area contributed by atoms with Crippen LogP contribution in [0.15, 0.2) is 53.3 Å². The quantitative estimate of drug-likeness (QED) is 0.784. The second-order valence-corrected chi connectivity index (χ2v) is 5.66. The van der Waals surface area contributed by atoms with Crippen LogP contribution < -0.4 is 0 Å². The second kappa shape index (κ2) is 5.75. The van der Waals surface area contributed by atoms with Gasteiger partial charge in [-0.2, -0.15) is 0 Å². The number of hydrogen-bond acceptors (Lipinski definition) is 2. The van der Waals surface area contributed by atoms with Crippen molar-refractivity contribution in [2.45, 2.75) is 18.9 Å². The van der Waals surface area contributed by atoms with Crippen LogP contribution in [0.3, 0.4) is 0 Å². The van der Waals surface area contributed by atoms with Crippen molar-refractivity contribution in [3.63, 3.8) is 0 Å². The molecule has 0 radical (unpaired) electrons. The Labute approximate surface area is 126 Å². The normalized spacial score (nSPS) is 18.2. The molecule has 1 saturated heterocycles. The Hall–Kier alpha value is -1.68. The van der Waals surface area contributed by atoms with Crippen LogP contribution in [0.2, 0.25) is 0 Å². The number of nitrogens with zero attached hydrogens (tertiary/aromatic N) is 2. The minimum Gasteiger partial charge on any atom is -0.332 e. The van der Waals surface area contributed by atoms with Crippen LogP contribution in [0.4, 0.5) is 0 Å². The third kappa shape index (κ3) is 2.48. The fraction of sp³-hybridized carbons (Fsp3) is 0.250. The van der Waals surface area contributed by atoms with Crippen molar-refractivity contribution in [2.24, 2.45) is 0 Å². The molecule has 0 aliphatic carbocycles. The van der Waals surface area contributed by atoms with E-state index in [1.807, 2.05) is 29.2 Å². The number of aromatic nitrogens is 1. The van der Waals surface area contributed by atoms with Crippen molar-refractivity contribution in [1.82, 2.24) is 9.88 Å². The minimum absolute atomic E-state index is 0.0522. The maximum Gasteiger partial charge on any atom is 0.257 e. The van der Waals surface area contributed by atoms with Gasteiger partial charge in [-0.1, -0.05) is 30.3 Å². The summed E-state index contributed by atoms with van der Waals surface area (Å²) in [5.41, 5.74) is 1.84. The summed E-state index contributed by atoms with van der Waals surface area (Å²) in [6, 6.07) is 14.0. The molecule has 0 saturated carbocycles. The largest absolute Gasteiger partial charge is 0.332 e. The van der Waals surface area contributed by atoms with Crippen LogP contribution in [-0.2, 0) is 0 Å². The molecule has 4 heteroatoms. The first-order valence-corrected chi connectivity index (χ1v) is 7.53. The van der Waals surface area contributed by atoms with Gasteiger partial charge in [0.2, 0.25) is 0 Å². The molecule has 1 amide bonds. The monoisotopic (exact) mass is 330 g/mol. The summed E-state index contributed by atoms with van der Waals surface area (Å²) in [5.74, 6) is 0.0522. The Kier molecular flexibility index (Phi) is 3.83. The predicted octanol–water partition coefficient (Wildman–Crippen LogP) is 3.82. The summed E-state index contributed by atoms with van der Waals surface area (Å²) in [4.78, 5) is 18.8. The third-order valence-electron chi connectivity index (χ3n) is 3.69. The van der Waals surface area contributed by atoms with Gasteiger partial charge in [0.25, 0.3) is 5.91 Å². The molecule has 1 aliphatic heterocycles. The first-order chi connectivity index (χ1) is 9.77. The van der Waals surface area contributed by atoms with Crippen molar-refractivity contribution < 1.29 is 4.79 Å². The molecular formula is C16H15BrN2O. The average Bonchev–Trinajstić information content (AvgIpc) is 2.97. The van der Waals surface area contributed by atoms with E-state index in [1.165, 1.54) is 5.56 Å². The first-order valence-electron chi connectivity index (χ1n) is 6.74. The maximum atomic E-state index is 12.7. The molecular weight excluding hydrogens is 316 g/mol. The molecule has 1 aromatic heterocycles. The standard InChI is InChI=1S/C16H15BrN2O/c17-15-13(8-4-10-18-15)16(20)19-11-5-9-14(19)12-6-2-1-3-7-12/h1-4,6-8,10,14H,5,9,11H2. The molecule has 3 nitrogen and oxygen atoms in total. The Morgan fingerprint density at radius 3 is 2.75 bits per heavy atom. The van der Waals surface area contributed by atoms with Crippen LogP contribution in [0.25, 0.3) is 0 Å². The van der Waals surface area contributed by atoms with Gasteiger partial charge in [-0.05, 0) is 46.5 Å². The molecule has 0 spiro atoms. The molecule has 1 aliphatic rings. The lowest BCUT2D eigenvalue weighted by Crippen LogP contribution is -2.30. The van der Waals surface area contributed by atoms with E-state index >= 15 is 0 Å². The summed E-state index contributed by atoms with van der Waals surface area (Å²) in [6.45, 7) is 0.805. The number of hydrogen-bond donors (Lipinski definition) is 0. The zero-order chi connectivity index (χ0) is 13.9. The summed E-state index contributed by atoms with van der Waals surface area (Å²) in [6.07, 6.45) is 3.75. The fourth-order valence-corrected chi connectivity index (χ4v) is 3.15. The molecule has 0 N–H and O–H groups in total. The Morgan fingerprint density at radius 1 is 1.20 bits per heavy atom. The minimum atomic E-state index is 0.0522. The Morgan fingerprint density at radius 2 is 2.00 bits per heavy atom. The Balaban J connectivity index is 1.90. The summed E-state index contributed by atoms with van der Waals surface area (Å²) in [7, 11) is 0. The molecule has 1 aromatic carbocycles. The number of carbonyl (C=O) groups excluding carboxylic acids is 1. The molecule has 20 heavy (non-hydrogen) atoms. The van der Waals surface area contributed by atoms with Gasteiger partial charge < -0.3 is 4.90 Å². The summed E-state index contributed by atoms with van der Waals surface area (Å²) < 4.78 is 0.615. The fourth-order valence-electron chi connectivity index (χ4n) is 2.73. The molecule has 1 atom stereocenters. The van der Waals surface area contributed by atoms with Gasteiger partial charge in [-0.15, -0.1) is 0 Å². The van der Waals surface area contributed by atoms with Gasteiger partial charge in [-0.3, -0.25) is 4.79 Å². The number of carbonyl (C=O) groups is 1. The number of amides is 1. The van der Waals surface area contributed by atoms with E-state index in [9.17, 15) is 4.79 Å². The van der Waals surface area contributed by atoms with Crippen molar-refractivity contribution in [3.05, 3.63) is 64.4 Å². The Bertz CT molecular complexity index is 615. The smallest absolute Gasteiger partial charge is 0.257 e. The van der Waals surface area contributed by atoms with Crippen LogP contribution in [0.1, 0.15) is 34.8 Å². The number of rotatable bonds is 2. The lowest BCUT2D eigenvalue weighted by Gasteiger charge is -2.25. The molecule has 102 valence electrons. The second-order valence-electron chi connectivity index (χ2n) is 4.91. The van der Waals surface area contributed by atoms with E-state index in [-0.39, 0.29) is 11.9 Å². The van der Waals surface area contributed by atoms with Crippen molar-refractivity contribution in [2.75, 3.05) is 6.54 Å². The number of halogens is 1. The SMILES string of the molecule is O=C(c1cccnc1Br)N1CCCC1c1ccccc1. The molecule has 2 aromatic rings.